The van der Waals surface area contributed by atoms with E-state index in [2.05, 4.69) is 27.7 Å². The number of hydrogen-bond acceptors (Lipinski definition) is 4. The molecule has 0 N–H and O–H groups in total. The molecular formula is C23H20F5IN2O3. The van der Waals surface area contributed by atoms with Crippen LogP contribution >= 0.6 is 22.6 Å². The number of nitrogens with zero attached hydrogens (tertiary/aromatic N) is 2. The zero-order chi connectivity index (χ0) is 25.2. The highest BCUT2D eigenvalue weighted by Gasteiger charge is 2.37. The van der Waals surface area contributed by atoms with E-state index in [9.17, 15) is 26.7 Å². The predicted octanol–water partition coefficient (Wildman–Crippen LogP) is 6.37. The quantitative estimate of drug-likeness (QED) is 0.0892. The molecule has 0 spiro atoms. The Bertz CT molecular complexity index is 1170. The lowest BCUT2D eigenvalue weighted by atomic mass is 10.1. The molecule has 0 atom stereocenters. The standard InChI is InChI=1S/C23H20F5IN2O3/c1-4-6-7-34-22-14(29)9-12(10-15(22)33-5-2)8-13-11(3)30-31(23(13)32)21-19(27)17(25)16(24)18(26)20(21)28/h8-10H,4-7H2,1-3H3/b13-8-. The summed E-state index contributed by atoms with van der Waals surface area (Å²) in [4.78, 5) is 12.9. The molecule has 1 aliphatic rings. The van der Waals surface area contributed by atoms with Crippen molar-refractivity contribution in [3.8, 4) is 11.5 Å². The molecule has 182 valence electrons. The van der Waals surface area contributed by atoms with E-state index in [-0.39, 0.29) is 16.3 Å². The second-order valence-electron chi connectivity index (χ2n) is 7.24. The Hall–Kier alpha value is -2.70. The molecule has 11 heteroatoms. The third-order valence-corrected chi connectivity index (χ3v) is 5.65. The van der Waals surface area contributed by atoms with Gasteiger partial charge >= 0.3 is 0 Å². The van der Waals surface area contributed by atoms with Crippen LogP contribution in [0, 0.1) is 32.7 Å². The number of carbonyl (C=O) groups excluding carboxylic acids is 1. The van der Waals surface area contributed by atoms with Crippen LogP contribution in [0.25, 0.3) is 6.08 Å². The van der Waals surface area contributed by atoms with Gasteiger partial charge in [0.15, 0.2) is 34.8 Å². The van der Waals surface area contributed by atoms with Gasteiger partial charge in [0.05, 0.1) is 28.1 Å². The van der Waals surface area contributed by atoms with Gasteiger partial charge in [-0.2, -0.15) is 10.1 Å². The van der Waals surface area contributed by atoms with Crippen molar-refractivity contribution in [1.29, 1.82) is 0 Å². The summed E-state index contributed by atoms with van der Waals surface area (Å²) < 4.78 is 81.3. The molecule has 0 bridgehead atoms. The van der Waals surface area contributed by atoms with Gasteiger partial charge in [0.1, 0.15) is 5.69 Å². The Labute approximate surface area is 206 Å². The number of hydrogen-bond donors (Lipinski definition) is 0. The maximum atomic E-state index is 14.2. The van der Waals surface area contributed by atoms with Crippen molar-refractivity contribution >= 4 is 46.0 Å². The molecule has 0 saturated heterocycles. The first-order chi connectivity index (χ1) is 16.1. The Morgan fingerprint density at radius 3 is 2.21 bits per heavy atom. The molecule has 1 heterocycles. The fourth-order valence-corrected chi connectivity index (χ4v) is 3.96. The van der Waals surface area contributed by atoms with E-state index in [1.54, 1.807) is 19.1 Å². The Kier molecular flexibility index (Phi) is 8.16. The first-order valence-corrected chi connectivity index (χ1v) is 11.4. The number of anilines is 1. The number of benzene rings is 2. The van der Waals surface area contributed by atoms with Gasteiger partial charge in [0, 0.05) is 0 Å². The smallest absolute Gasteiger partial charge is 0.280 e. The van der Waals surface area contributed by atoms with Crippen molar-refractivity contribution < 1.29 is 36.2 Å². The SMILES string of the molecule is CCCCOc1c(I)cc(/C=C2\C(=O)N(c3c(F)c(F)c(F)c(F)c3F)N=C2C)cc1OCC. The maximum absolute atomic E-state index is 14.2. The van der Waals surface area contributed by atoms with Gasteiger partial charge in [-0.3, -0.25) is 4.79 Å². The largest absolute Gasteiger partial charge is 0.490 e. The molecule has 0 radical (unpaired) electrons. The van der Waals surface area contributed by atoms with Gasteiger partial charge in [-0.15, -0.1) is 0 Å². The monoisotopic (exact) mass is 594 g/mol. The van der Waals surface area contributed by atoms with Crippen LogP contribution in [0.5, 0.6) is 11.5 Å². The minimum Gasteiger partial charge on any atom is -0.490 e. The zero-order valence-electron chi connectivity index (χ0n) is 18.4. The van der Waals surface area contributed by atoms with Crippen molar-refractivity contribution in [1.82, 2.24) is 0 Å². The van der Waals surface area contributed by atoms with Crippen LogP contribution in [0.1, 0.15) is 39.2 Å². The Morgan fingerprint density at radius 2 is 1.62 bits per heavy atom. The summed E-state index contributed by atoms with van der Waals surface area (Å²) >= 11 is 2.05. The van der Waals surface area contributed by atoms with Crippen LogP contribution in [-0.2, 0) is 4.79 Å². The second-order valence-corrected chi connectivity index (χ2v) is 8.41. The van der Waals surface area contributed by atoms with Gasteiger partial charge in [-0.1, -0.05) is 13.3 Å². The third kappa shape index (κ3) is 4.89. The number of hydrazone groups is 1. The van der Waals surface area contributed by atoms with E-state index in [1.807, 2.05) is 6.92 Å². The lowest BCUT2D eigenvalue weighted by molar-refractivity contribution is -0.114. The molecule has 2 aromatic rings. The fraction of sp³-hybridized carbons (Fsp3) is 0.304. The normalized spacial score (nSPS) is 14.7. The van der Waals surface area contributed by atoms with E-state index in [0.717, 1.165) is 12.8 Å². The number of halogens is 6. The van der Waals surface area contributed by atoms with Crippen molar-refractivity contribution in [3.05, 3.63) is 55.9 Å². The Morgan fingerprint density at radius 1 is 1.00 bits per heavy atom. The van der Waals surface area contributed by atoms with E-state index in [0.29, 0.717) is 33.8 Å². The van der Waals surface area contributed by atoms with Crippen LogP contribution in [0.15, 0.2) is 22.8 Å². The number of carbonyl (C=O) groups is 1. The average molecular weight is 594 g/mol. The zero-order valence-corrected chi connectivity index (χ0v) is 20.6. The highest BCUT2D eigenvalue weighted by molar-refractivity contribution is 14.1. The highest BCUT2D eigenvalue weighted by atomic mass is 127. The fourth-order valence-electron chi connectivity index (χ4n) is 3.17. The van der Waals surface area contributed by atoms with E-state index < -0.39 is 40.7 Å². The molecule has 0 aromatic heterocycles. The predicted molar refractivity (Wildman–Crippen MR) is 126 cm³/mol. The summed E-state index contributed by atoms with van der Waals surface area (Å²) in [5.41, 5.74) is -0.992. The molecule has 0 fully saturated rings. The number of unbranched alkanes of at least 4 members (excludes halogenated alkanes) is 1. The van der Waals surface area contributed by atoms with Gasteiger partial charge in [-0.25, -0.2) is 22.0 Å². The van der Waals surface area contributed by atoms with Crippen molar-refractivity contribution in [2.75, 3.05) is 18.2 Å². The second kappa shape index (κ2) is 10.7. The molecule has 0 aliphatic carbocycles. The van der Waals surface area contributed by atoms with Gasteiger partial charge in [-0.05, 0) is 66.6 Å². The molecule has 5 nitrogen and oxygen atoms in total. The van der Waals surface area contributed by atoms with Crippen LogP contribution in [0.2, 0.25) is 0 Å². The number of rotatable bonds is 8. The van der Waals surface area contributed by atoms with Gasteiger partial charge in [0.2, 0.25) is 5.82 Å². The Balaban J connectivity index is 2.02. The molecule has 2 aromatic carbocycles. The first kappa shape index (κ1) is 25.9. The molecule has 1 amide bonds. The minimum atomic E-state index is -2.32. The first-order valence-electron chi connectivity index (χ1n) is 10.3. The number of amides is 1. The van der Waals surface area contributed by atoms with Gasteiger partial charge in [0.25, 0.3) is 5.91 Å². The third-order valence-electron chi connectivity index (χ3n) is 4.85. The summed E-state index contributed by atoms with van der Waals surface area (Å²) in [6.45, 7) is 6.06. The number of ether oxygens (including phenoxy) is 2. The van der Waals surface area contributed by atoms with E-state index in [4.69, 9.17) is 9.47 Å². The molecule has 0 unspecified atom stereocenters. The lowest BCUT2D eigenvalue weighted by Crippen LogP contribution is -2.25. The molecule has 1 aliphatic heterocycles. The topological polar surface area (TPSA) is 51.1 Å². The van der Waals surface area contributed by atoms with Crippen molar-refractivity contribution in [2.24, 2.45) is 5.10 Å². The molecular weight excluding hydrogens is 574 g/mol. The van der Waals surface area contributed by atoms with Crippen LogP contribution in [0.3, 0.4) is 0 Å². The summed E-state index contributed by atoms with van der Waals surface area (Å²) in [6.07, 6.45) is 3.20. The average Bonchev–Trinajstić information content (AvgIpc) is 3.06. The van der Waals surface area contributed by atoms with E-state index in [1.165, 1.54) is 13.0 Å². The lowest BCUT2D eigenvalue weighted by Gasteiger charge is -2.15. The van der Waals surface area contributed by atoms with Crippen LogP contribution in [-0.4, -0.2) is 24.8 Å². The molecule has 34 heavy (non-hydrogen) atoms. The summed E-state index contributed by atoms with van der Waals surface area (Å²) in [7, 11) is 0. The summed E-state index contributed by atoms with van der Waals surface area (Å²) in [5, 5.41) is 3.91. The summed E-state index contributed by atoms with van der Waals surface area (Å²) in [6, 6.07) is 3.33. The minimum absolute atomic E-state index is 0.0326. The van der Waals surface area contributed by atoms with Crippen LogP contribution < -0.4 is 14.5 Å². The molecule has 3 rings (SSSR count). The van der Waals surface area contributed by atoms with Gasteiger partial charge < -0.3 is 9.47 Å². The highest BCUT2D eigenvalue weighted by Crippen LogP contribution is 2.37. The molecule has 0 saturated carbocycles. The summed E-state index contributed by atoms with van der Waals surface area (Å²) in [5.74, 6) is -11.0. The van der Waals surface area contributed by atoms with Crippen molar-refractivity contribution in [2.45, 2.75) is 33.6 Å². The maximum Gasteiger partial charge on any atom is 0.280 e. The van der Waals surface area contributed by atoms with E-state index >= 15 is 0 Å². The van der Waals surface area contributed by atoms with Crippen molar-refractivity contribution in [3.63, 3.8) is 0 Å². The van der Waals surface area contributed by atoms with Crippen LogP contribution in [0.4, 0.5) is 27.6 Å².